The number of likely N-dealkylation sites (tertiary alicyclic amines) is 2. The Kier molecular flexibility index (Phi) is 6.86. The lowest BCUT2D eigenvalue weighted by molar-refractivity contribution is -0.146. The van der Waals surface area contributed by atoms with Crippen LogP contribution in [0.3, 0.4) is 0 Å². The van der Waals surface area contributed by atoms with Crippen LogP contribution in [0.5, 0.6) is 0 Å². The average molecular weight is 522 g/mol. The fourth-order valence-corrected chi connectivity index (χ4v) is 7.91. The van der Waals surface area contributed by atoms with Crippen LogP contribution in [0.25, 0.3) is 0 Å². The van der Waals surface area contributed by atoms with Gasteiger partial charge in [-0.15, -0.1) is 0 Å². The molecule has 1 aromatic carbocycles. The number of halogens is 1. The van der Waals surface area contributed by atoms with Gasteiger partial charge in [0.2, 0.25) is 5.91 Å². The third-order valence-corrected chi connectivity index (χ3v) is 10.5. The van der Waals surface area contributed by atoms with Crippen molar-refractivity contribution in [2.75, 3.05) is 31.2 Å². The minimum Gasteiger partial charge on any atom is -0.359 e. The van der Waals surface area contributed by atoms with Crippen LogP contribution < -0.4 is 5.01 Å². The number of benzene rings is 1. The van der Waals surface area contributed by atoms with E-state index in [1.165, 1.54) is 44.4 Å². The zero-order chi connectivity index (χ0) is 25.6. The van der Waals surface area contributed by atoms with Crippen molar-refractivity contribution in [2.45, 2.75) is 83.6 Å². The molecule has 5 aliphatic rings. The molecule has 7 heteroatoms. The molecule has 1 atom stereocenters. The molecule has 3 aliphatic heterocycles. The monoisotopic (exact) mass is 521 g/mol. The fourth-order valence-electron chi connectivity index (χ4n) is 7.69. The summed E-state index contributed by atoms with van der Waals surface area (Å²) in [6.45, 7) is 6.30. The molecular weight excluding hydrogens is 482 g/mol. The summed E-state index contributed by atoms with van der Waals surface area (Å²) in [6, 6.07) is 8.27. The van der Waals surface area contributed by atoms with Crippen molar-refractivity contribution in [2.24, 2.45) is 28.3 Å². The Morgan fingerprint density at radius 1 is 1.08 bits per heavy atom. The second kappa shape index (κ2) is 10.1. The number of hydrogen-bond donors (Lipinski definition) is 0. The molecule has 0 bridgehead atoms. The zero-order valence-electron chi connectivity index (χ0n) is 22.2. The summed E-state index contributed by atoms with van der Waals surface area (Å²) in [4.78, 5) is 17.7. The van der Waals surface area contributed by atoms with E-state index in [0.29, 0.717) is 33.9 Å². The molecule has 3 heterocycles. The average Bonchev–Trinajstić information content (AvgIpc) is 3.58. The van der Waals surface area contributed by atoms with Gasteiger partial charge in [0, 0.05) is 38.5 Å². The first-order valence-corrected chi connectivity index (χ1v) is 14.9. The van der Waals surface area contributed by atoms with Gasteiger partial charge >= 0.3 is 0 Å². The number of amidine groups is 1. The van der Waals surface area contributed by atoms with Gasteiger partial charge in [0.25, 0.3) is 0 Å². The molecule has 1 spiro atoms. The molecule has 2 saturated heterocycles. The molecule has 6 rings (SSSR count). The summed E-state index contributed by atoms with van der Waals surface area (Å²) >= 11 is 6.41. The summed E-state index contributed by atoms with van der Waals surface area (Å²) in [5, 5.41) is 17.2. The highest BCUT2D eigenvalue weighted by molar-refractivity contribution is 6.32. The topological polar surface area (TPSA) is 62.9 Å². The van der Waals surface area contributed by atoms with Crippen LogP contribution >= 0.6 is 11.6 Å². The Hall–Kier alpha value is -2.26. The molecule has 2 saturated carbocycles. The van der Waals surface area contributed by atoms with E-state index in [0.717, 1.165) is 69.9 Å². The Morgan fingerprint density at radius 3 is 2.43 bits per heavy atom. The minimum atomic E-state index is 0.257. The van der Waals surface area contributed by atoms with Gasteiger partial charge in [-0.2, -0.15) is 10.4 Å². The van der Waals surface area contributed by atoms with E-state index in [1.54, 1.807) is 0 Å². The van der Waals surface area contributed by atoms with Crippen molar-refractivity contribution in [3.8, 4) is 6.07 Å². The Labute approximate surface area is 226 Å². The van der Waals surface area contributed by atoms with E-state index in [9.17, 15) is 10.1 Å². The molecular formula is C30H40ClN5O. The van der Waals surface area contributed by atoms with Gasteiger partial charge in [0.15, 0.2) is 0 Å². The zero-order valence-corrected chi connectivity index (χ0v) is 22.9. The quantitative estimate of drug-likeness (QED) is 0.486. The lowest BCUT2D eigenvalue weighted by Crippen LogP contribution is -2.53. The second-order valence-electron chi connectivity index (χ2n) is 12.6. The number of hydrogen-bond acceptors (Lipinski definition) is 5. The van der Waals surface area contributed by atoms with E-state index in [4.69, 9.17) is 16.7 Å². The minimum absolute atomic E-state index is 0.257. The standard InChI is InChI=1S/C30H40ClN5O/c1-21-8-12-35(13-9-21)29(37)24-18-30(19-24)10-14-34(15-11-30)28-17-27(22-4-2-3-5-22)36(33-28)25-7-6-23(20-32)26(31)16-25/h6-7,16,21-22,24,27H,2-5,8-15,17-19H2,1H3. The van der Waals surface area contributed by atoms with Gasteiger partial charge in [-0.05, 0) is 86.8 Å². The van der Waals surface area contributed by atoms with Gasteiger partial charge in [0.1, 0.15) is 11.9 Å². The predicted octanol–water partition coefficient (Wildman–Crippen LogP) is 6.04. The third kappa shape index (κ3) is 4.85. The van der Waals surface area contributed by atoms with E-state index in [2.05, 4.69) is 27.8 Å². The summed E-state index contributed by atoms with van der Waals surface area (Å²) in [5.74, 6) is 3.31. The smallest absolute Gasteiger partial charge is 0.225 e. The SMILES string of the molecule is CC1CCN(C(=O)C2CC3(CCN(C4=NN(c5ccc(C#N)c(Cl)c5)C(C5CCCC5)C4)CC3)C2)CC1. The van der Waals surface area contributed by atoms with Crippen LogP contribution in [0.4, 0.5) is 5.69 Å². The number of carbonyl (C=O) groups excluding carboxylic acids is 1. The van der Waals surface area contributed by atoms with Crippen LogP contribution in [0.1, 0.15) is 83.1 Å². The van der Waals surface area contributed by atoms with Gasteiger partial charge in [-0.1, -0.05) is 31.4 Å². The number of carbonyl (C=O) groups is 1. The highest BCUT2D eigenvalue weighted by Crippen LogP contribution is 2.53. The first-order valence-electron chi connectivity index (χ1n) is 14.5. The molecule has 1 aromatic rings. The summed E-state index contributed by atoms with van der Waals surface area (Å²) in [7, 11) is 0. The summed E-state index contributed by atoms with van der Waals surface area (Å²) in [6.07, 6.45) is 13.0. The van der Waals surface area contributed by atoms with Gasteiger partial charge < -0.3 is 9.80 Å². The lowest BCUT2D eigenvalue weighted by Gasteiger charge is -2.53. The number of rotatable bonds is 3. The molecule has 2 aliphatic carbocycles. The first kappa shape index (κ1) is 25.0. The lowest BCUT2D eigenvalue weighted by atomic mass is 9.57. The van der Waals surface area contributed by atoms with E-state index < -0.39 is 0 Å². The molecule has 0 aromatic heterocycles. The normalized spacial score (nSPS) is 26.9. The Balaban J connectivity index is 1.09. The molecule has 0 N–H and O–H groups in total. The maximum atomic E-state index is 13.0. The van der Waals surface area contributed by atoms with Crippen molar-refractivity contribution >= 4 is 29.0 Å². The maximum Gasteiger partial charge on any atom is 0.225 e. The van der Waals surface area contributed by atoms with E-state index in [1.807, 2.05) is 18.2 Å². The molecule has 37 heavy (non-hydrogen) atoms. The summed E-state index contributed by atoms with van der Waals surface area (Å²) < 4.78 is 0. The molecule has 198 valence electrons. The predicted molar refractivity (Wildman–Crippen MR) is 147 cm³/mol. The summed E-state index contributed by atoms with van der Waals surface area (Å²) in [5.41, 5.74) is 1.88. The van der Waals surface area contributed by atoms with E-state index in [-0.39, 0.29) is 5.92 Å². The van der Waals surface area contributed by atoms with Crippen molar-refractivity contribution < 1.29 is 4.79 Å². The van der Waals surface area contributed by atoms with Crippen LogP contribution in [-0.2, 0) is 4.79 Å². The highest BCUT2D eigenvalue weighted by Gasteiger charge is 2.50. The maximum absolute atomic E-state index is 13.0. The van der Waals surface area contributed by atoms with Gasteiger partial charge in [-0.25, -0.2) is 0 Å². The van der Waals surface area contributed by atoms with Gasteiger partial charge in [-0.3, -0.25) is 9.80 Å². The number of piperidine rings is 2. The first-order chi connectivity index (χ1) is 17.9. The van der Waals surface area contributed by atoms with Crippen LogP contribution in [0.2, 0.25) is 5.02 Å². The molecule has 0 radical (unpaired) electrons. The number of amides is 1. The Morgan fingerprint density at radius 2 is 1.78 bits per heavy atom. The number of nitrogens with zero attached hydrogens (tertiary/aromatic N) is 5. The van der Waals surface area contributed by atoms with Crippen molar-refractivity contribution in [1.82, 2.24) is 9.80 Å². The van der Waals surface area contributed by atoms with Gasteiger partial charge in [0.05, 0.1) is 22.3 Å². The largest absolute Gasteiger partial charge is 0.359 e. The highest BCUT2D eigenvalue weighted by atomic mass is 35.5. The van der Waals surface area contributed by atoms with Crippen molar-refractivity contribution in [1.29, 1.82) is 5.26 Å². The van der Waals surface area contributed by atoms with Crippen molar-refractivity contribution in [3.63, 3.8) is 0 Å². The molecule has 6 nitrogen and oxygen atoms in total. The number of nitriles is 1. The third-order valence-electron chi connectivity index (χ3n) is 10.2. The van der Waals surface area contributed by atoms with Crippen molar-refractivity contribution in [3.05, 3.63) is 28.8 Å². The van der Waals surface area contributed by atoms with Crippen LogP contribution in [-0.4, -0.2) is 53.8 Å². The second-order valence-corrected chi connectivity index (χ2v) is 13.0. The van der Waals surface area contributed by atoms with Crippen LogP contribution in [0, 0.1) is 34.5 Å². The number of anilines is 1. The molecule has 1 unspecified atom stereocenters. The fraction of sp³-hybridized carbons (Fsp3) is 0.700. The molecule has 1 amide bonds. The molecule has 4 fully saturated rings. The van der Waals surface area contributed by atoms with Crippen LogP contribution in [0.15, 0.2) is 23.3 Å². The number of hydrazone groups is 1. The van der Waals surface area contributed by atoms with E-state index >= 15 is 0 Å². The Bertz CT molecular complexity index is 1080.